The predicted octanol–water partition coefficient (Wildman–Crippen LogP) is 4.32. The summed E-state index contributed by atoms with van der Waals surface area (Å²) < 4.78 is 18.4. The number of anilines is 1. The second-order valence-electron chi connectivity index (χ2n) is 5.09. The Bertz CT molecular complexity index is 739. The number of aryl methyl sites for hydroxylation is 1. The zero-order valence-corrected chi connectivity index (χ0v) is 14.1. The zero-order chi connectivity index (χ0) is 17.0. The van der Waals surface area contributed by atoms with Crippen LogP contribution in [0.2, 0.25) is 0 Å². The number of esters is 1. The van der Waals surface area contributed by atoms with E-state index in [0.717, 1.165) is 22.9 Å². The number of nitrogens with one attached hydrogen (secondary N) is 1. The molecule has 1 aromatic carbocycles. The number of rotatable bonds is 5. The molecule has 1 aromatic heterocycles. The molecule has 6 heteroatoms. The Morgan fingerprint density at radius 2 is 2.04 bits per heavy atom. The van der Waals surface area contributed by atoms with Crippen molar-refractivity contribution in [1.82, 2.24) is 0 Å². The van der Waals surface area contributed by atoms with Gasteiger partial charge in [0.25, 0.3) is 5.91 Å². The molecule has 0 radical (unpaired) electrons. The van der Waals surface area contributed by atoms with Crippen LogP contribution in [-0.4, -0.2) is 18.5 Å². The number of halogens is 1. The van der Waals surface area contributed by atoms with Crippen LogP contribution in [0.5, 0.6) is 0 Å². The maximum Gasteiger partial charge on any atom is 0.341 e. The highest BCUT2D eigenvalue weighted by atomic mass is 32.1. The highest BCUT2D eigenvalue weighted by molar-refractivity contribution is 7.16. The van der Waals surface area contributed by atoms with E-state index >= 15 is 0 Å². The fraction of sp³-hybridized carbons (Fsp3) is 0.294. The topological polar surface area (TPSA) is 55.4 Å². The van der Waals surface area contributed by atoms with Crippen LogP contribution >= 0.6 is 11.3 Å². The van der Waals surface area contributed by atoms with Crippen molar-refractivity contribution in [2.75, 3.05) is 11.9 Å². The molecule has 0 bridgehead atoms. The van der Waals surface area contributed by atoms with Crippen LogP contribution in [0.1, 0.15) is 44.5 Å². The molecule has 2 rings (SSSR count). The number of thiophene rings is 1. The summed E-state index contributed by atoms with van der Waals surface area (Å²) in [7, 11) is 0. The van der Waals surface area contributed by atoms with Gasteiger partial charge in [-0.05, 0) is 44.0 Å². The molecule has 0 atom stereocenters. The van der Waals surface area contributed by atoms with Gasteiger partial charge >= 0.3 is 5.97 Å². The van der Waals surface area contributed by atoms with Gasteiger partial charge in [-0.15, -0.1) is 11.3 Å². The summed E-state index contributed by atoms with van der Waals surface area (Å²) in [6, 6.07) is 5.40. The SMILES string of the molecule is CCCOC(=O)c1c(NC(=O)c2cccc(F)c2)sc(C)c1C. The van der Waals surface area contributed by atoms with Crippen LogP contribution < -0.4 is 5.32 Å². The highest BCUT2D eigenvalue weighted by Crippen LogP contribution is 2.33. The van der Waals surface area contributed by atoms with E-state index < -0.39 is 17.7 Å². The smallest absolute Gasteiger partial charge is 0.341 e. The summed E-state index contributed by atoms with van der Waals surface area (Å²) in [5, 5.41) is 3.11. The minimum absolute atomic E-state index is 0.196. The van der Waals surface area contributed by atoms with Gasteiger partial charge in [-0.25, -0.2) is 9.18 Å². The first-order valence-corrected chi connectivity index (χ1v) is 8.09. The van der Waals surface area contributed by atoms with E-state index in [9.17, 15) is 14.0 Å². The standard InChI is InChI=1S/C17H18FNO3S/c1-4-8-22-17(21)14-10(2)11(3)23-16(14)19-15(20)12-6-5-7-13(18)9-12/h5-7,9H,4,8H2,1-3H3,(H,19,20). The molecule has 1 N–H and O–H groups in total. The number of carbonyl (C=O) groups is 2. The number of hydrogen-bond acceptors (Lipinski definition) is 4. The van der Waals surface area contributed by atoms with Gasteiger partial charge < -0.3 is 10.1 Å². The molecule has 1 heterocycles. The number of carbonyl (C=O) groups excluding carboxylic acids is 2. The van der Waals surface area contributed by atoms with Crippen LogP contribution in [-0.2, 0) is 4.74 Å². The zero-order valence-electron chi connectivity index (χ0n) is 13.2. The molecule has 0 saturated heterocycles. The van der Waals surface area contributed by atoms with Crippen LogP contribution in [0, 0.1) is 19.7 Å². The predicted molar refractivity (Wildman–Crippen MR) is 88.7 cm³/mol. The molecule has 0 saturated carbocycles. The molecule has 0 aliphatic rings. The van der Waals surface area contributed by atoms with E-state index in [1.807, 2.05) is 20.8 Å². The maximum absolute atomic E-state index is 13.2. The van der Waals surface area contributed by atoms with Crippen molar-refractivity contribution < 1.29 is 18.7 Å². The van der Waals surface area contributed by atoms with Gasteiger partial charge in [0.1, 0.15) is 10.8 Å². The first-order chi connectivity index (χ1) is 10.9. The van der Waals surface area contributed by atoms with Gasteiger partial charge in [-0.1, -0.05) is 13.0 Å². The largest absolute Gasteiger partial charge is 0.462 e. The van der Waals surface area contributed by atoms with Gasteiger partial charge in [0.05, 0.1) is 12.2 Å². The molecule has 4 nitrogen and oxygen atoms in total. The lowest BCUT2D eigenvalue weighted by atomic mass is 10.1. The van der Waals surface area contributed by atoms with E-state index in [-0.39, 0.29) is 5.56 Å². The Hall–Kier alpha value is -2.21. The summed E-state index contributed by atoms with van der Waals surface area (Å²) in [6.07, 6.45) is 0.721. The Morgan fingerprint density at radius 3 is 2.70 bits per heavy atom. The number of hydrogen-bond donors (Lipinski definition) is 1. The van der Waals surface area contributed by atoms with Crippen LogP contribution in [0.15, 0.2) is 24.3 Å². The highest BCUT2D eigenvalue weighted by Gasteiger charge is 2.22. The number of amides is 1. The Labute approximate surface area is 138 Å². The normalized spacial score (nSPS) is 10.4. The van der Waals surface area contributed by atoms with Crippen molar-refractivity contribution in [1.29, 1.82) is 0 Å². The van der Waals surface area contributed by atoms with Crippen molar-refractivity contribution in [2.24, 2.45) is 0 Å². The van der Waals surface area contributed by atoms with E-state index in [2.05, 4.69) is 5.32 Å². The minimum atomic E-state index is -0.487. The van der Waals surface area contributed by atoms with Gasteiger partial charge in [0.15, 0.2) is 0 Å². The number of benzene rings is 1. The summed E-state index contributed by atoms with van der Waals surface area (Å²) in [5.74, 6) is -1.41. The Kier molecular flexibility index (Phi) is 5.50. The lowest BCUT2D eigenvalue weighted by Crippen LogP contribution is -2.15. The van der Waals surface area contributed by atoms with E-state index in [4.69, 9.17) is 4.74 Å². The van der Waals surface area contributed by atoms with Gasteiger partial charge in [-0.3, -0.25) is 4.79 Å². The molecule has 0 aliphatic carbocycles. The van der Waals surface area contributed by atoms with Gasteiger partial charge in [0, 0.05) is 10.4 Å². The van der Waals surface area contributed by atoms with Crippen LogP contribution in [0.25, 0.3) is 0 Å². The quantitative estimate of drug-likeness (QED) is 0.828. The van der Waals surface area contributed by atoms with E-state index in [0.29, 0.717) is 17.2 Å². The third-order valence-corrected chi connectivity index (χ3v) is 4.46. The Balaban J connectivity index is 2.27. The molecular weight excluding hydrogens is 317 g/mol. The molecular formula is C17H18FNO3S. The minimum Gasteiger partial charge on any atom is -0.462 e. The molecule has 2 aromatic rings. The average Bonchev–Trinajstić information content (AvgIpc) is 2.79. The Morgan fingerprint density at radius 1 is 1.30 bits per heavy atom. The van der Waals surface area contributed by atoms with E-state index in [1.165, 1.54) is 29.5 Å². The van der Waals surface area contributed by atoms with E-state index in [1.54, 1.807) is 0 Å². The monoisotopic (exact) mass is 335 g/mol. The first kappa shape index (κ1) is 17.1. The molecule has 23 heavy (non-hydrogen) atoms. The molecule has 0 aliphatic heterocycles. The third kappa shape index (κ3) is 3.96. The van der Waals surface area contributed by atoms with Crippen molar-refractivity contribution in [3.8, 4) is 0 Å². The van der Waals surface area contributed by atoms with Crippen molar-refractivity contribution in [3.63, 3.8) is 0 Å². The van der Waals surface area contributed by atoms with Crippen molar-refractivity contribution in [2.45, 2.75) is 27.2 Å². The molecule has 0 unspecified atom stereocenters. The summed E-state index contributed by atoms with van der Waals surface area (Å²) in [4.78, 5) is 25.4. The van der Waals surface area contributed by atoms with Crippen molar-refractivity contribution >= 4 is 28.2 Å². The molecule has 0 spiro atoms. The maximum atomic E-state index is 13.2. The van der Waals surface area contributed by atoms with Crippen LogP contribution in [0.3, 0.4) is 0 Å². The van der Waals surface area contributed by atoms with Crippen molar-refractivity contribution in [3.05, 3.63) is 51.7 Å². The van der Waals surface area contributed by atoms with Crippen LogP contribution in [0.4, 0.5) is 9.39 Å². The molecule has 0 fully saturated rings. The lowest BCUT2D eigenvalue weighted by molar-refractivity contribution is 0.0506. The second kappa shape index (κ2) is 7.37. The fourth-order valence-electron chi connectivity index (χ4n) is 2.03. The molecule has 122 valence electrons. The first-order valence-electron chi connectivity index (χ1n) is 7.28. The second-order valence-corrected chi connectivity index (χ2v) is 6.31. The summed E-state index contributed by atoms with van der Waals surface area (Å²) in [6.45, 7) is 5.91. The lowest BCUT2D eigenvalue weighted by Gasteiger charge is -2.08. The fourth-order valence-corrected chi connectivity index (χ4v) is 3.08. The third-order valence-electron chi connectivity index (χ3n) is 3.34. The number of ether oxygens (including phenoxy) is 1. The summed E-state index contributed by atoms with van der Waals surface area (Å²) in [5.41, 5.74) is 1.35. The molecule has 1 amide bonds. The van der Waals surface area contributed by atoms with Gasteiger partial charge in [0.2, 0.25) is 0 Å². The summed E-state index contributed by atoms with van der Waals surface area (Å²) >= 11 is 1.30. The average molecular weight is 335 g/mol. The van der Waals surface area contributed by atoms with Gasteiger partial charge in [-0.2, -0.15) is 0 Å².